The van der Waals surface area contributed by atoms with Gasteiger partial charge in [0, 0.05) is 0 Å². The number of hydrogen-bond donors (Lipinski definition) is 3. The summed E-state index contributed by atoms with van der Waals surface area (Å²) in [6.07, 6.45) is 0. The molecule has 0 fully saturated rings. The highest BCUT2D eigenvalue weighted by Gasteiger charge is 2.13. The van der Waals surface area contributed by atoms with Crippen molar-refractivity contribution in [3.8, 4) is 11.4 Å². The molecule has 6 nitrogen and oxygen atoms in total. The summed E-state index contributed by atoms with van der Waals surface area (Å²) in [6, 6.07) is 11.0. The molecule has 21 heavy (non-hydrogen) atoms. The quantitative estimate of drug-likeness (QED) is 0.496. The van der Waals surface area contributed by atoms with Gasteiger partial charge in [0.25, 0.3) is 0 Å². The lowest BCUT2D eigenvalue weighted by Gasteiger charge is -2.11. The second kappa shape index (κ2) is 5.02. The molecule has 0 bridgehead atoms. The van der Waals surface area contributed by atoms with E-state index >= 15 is 0 Å². The topological polar surface area (TPSA) is 89.0 Å². The van der Waals surface area contributed by atoms with Gasteiger partial charge in [0.2, 0.25) is 0 Å². The van der Waals surface area contributed by atoms with Crippen molar-refractivity contribution in [3.63, 3.8) is 0 Å². The Morgan fingerprint density at radius 1 is 1.24 bits per heavy atom. The molecule has 0 aliphatic carbocycles. The summed E-state index contributed by atoms with van der Waals surface area (Å²) in [6.45, 7) is 1.90. The predicted molar refractivity (Wildman–Crippen MR) is 85.7 cm³/mol. The maximum absolute atomic E-state index is 10.4. The highest BCUT2D eigenvalue weighted by molar-refractivity contribution is 7.80. The SMILES string of the molecule is Cc1cc(NC(N)=S)c(O)c(-n2nc3ccccc3n2)c1. The van der Waals surface area contributed by atoms with Gasteiger partial charge in [-0.3, -0.25) is 0 Å². The molecule has 0 radical (unpaired) electrons. The number of fused-ring (bicyclic) bond motifs is 1. The average molecular weight is 299 g/mol. The first kappa shape index (κ1) is 13.3. The molecular formula is C14H13N5OS. The van der Waals surface area contributed by atoms with E-state index in [1.807, 2.05) is 31.2 Å². The lowest BCUT2D eigenvalue weighted by atomic mass is 10.1. The van der Waals surface area contributed by atoms with Crippen molar-refractivity contribution in [2.24, 2.45) is 5.73 Å². The number of thiocarbonyl (C=S) groups is 1. The van der Waals surface area contributed by atoms with E-state index in [0.29, 0.717) is 11.4 Å². The fraction of sp³-hybridized carbons (Fsp3) is 0.0714. The van der Waals surface area contributed by atoms with Crippen LogP contribution in [0.2, 0.25) is 0 Å². The van der Waals surface area contributed by atoms with Crippen LogP contribution in [-0.2, 0) is 0 Å². The van der Waals surface area contributed by atoms with Gasteiger partial charge in [0.1, 0.15) is 16.7 Å². The molecule has 1 aromatic heterocycles. The van der Waals surface area contributed by atoms with Gasteiger partial charge in [-0.15, -0.1) is 15.0 Å². The van der Waals surface area contributed by atoms with Crippen molar-refractivity contribution in [1.82, 2.24) is 15.0 Å². The number of phenols is 1. The van der Waals surface area contributed by atoms with Crippen molar-refractivity contribution >= 4 is 34.1 Å². The lowest BCUT2D eigenvalue weighted by molar-refractivity contribution is 0.470. The van der Waals surface area contributed by atoms with E-state index in [0.717, 1.165) is 16.6 Å². The molecule has 3 aromatic rings. The first-order valence-electron chi connectivity index (χ1n) is 6.27. The zero-order chi connectivity index (χ0) is 15.0. The van der Waals surface area contributed by atoms with Crippen molar-refractivity contribution in [3.05, 3.63) is 42.0 Å². The fourth-order valence-corrected chi connectivity index (χ4v) is 2.22. The highest BCUT2D eigenvalue weighted by Crippen LogP contribution is 2.31. The Kier molecular flexibility index (Phi) is 3.19. The van der Waals surface area contributed by atoms with Crippen LogP contribution in [0, 0.1) is 6.92 Å². The number of nitrogens with zero attached hydrogens (tertiary/aromatic N) is 3. The smallest absolute Gasteiger partial charge is 0.168 e. The summed E-state index contributed by atoms with van der Waals surface area (Å²) < 4.78 is 0. The third-order valence-corrected chi connectivity index (χ3v) is 3.10. The van der Waals surface area contributed by atoms with Crippen LogP contribution in [0.5, 0.6) is 5.75 Å². The monoisotopic (exact) mass is 299 g/mol. The Morgan fingerprint density at radius 3 is 2.43 bits per heavy atom. The molecule has 0 spiro atoms. The molecule has 0 atom stereocenters. The fourth-order valence-electron chi connectivity index (χ4n) is 2.11. The van der Waals surface area contributed by atoms with Gasteiger partial charge in [-0.25, -0.2) is 0 Å². The Bertz CT molecular complexity index is 809. The first-order valence-corrected chi connectivity index (χ1v) is 6.68. The van der Waals surface area contributed by atoms with Gasteiger partial charge in [0.15, 0.2) is 10.9 Å². The van der Waals surface area contributed by atoms with Crippen LogP contribution in [0.15, 0.2) is 36.4 Å². The number of anilines is 1. The standard InChI is InChI=1S/C14H13N5OS/c1-8-6-11(16-14(15)21)13(20)12(7-8)19-17-9-4-2-3-5-10(9)18-19/h2-7,20H,1H3,(H3,15,16,21). The van der Waals surface area contributed by atoms with E-state index in [4.69, 9.17) is 18.0 Å². The number of nitrogens with two attached hydrogens (primary N) is 1. The van der Waals surface area contributed by atoms with Crippen LogP contribution < -0.4 is 11.1 Å². The number of rotatable bonds is 2. The normalized spacial score (nSPS) is 10.7. The van der Waals surface area contributed by atoms with Crippen molar-refractivity contribution in [2.75, 3.05) is 5.32 Å². The van der Waals surface area contributed by atoms with Gasteiger partial charge < -0.3 is 16.2 Å². The third-order valence-electron chi connectivity index (χ3n) is 2.99. The second-order valence-electron chi connectivity index (χ2n) is 4.65. The molecular weight excluding hydrogens is 286 g/mol. The molecule has 2 aromatic carbocycles. The van der Waals surface area contributed by atoms with Crippen molar-refractivity contribution < 1.29 is 5.11 Å². The van der Waals surface area contributed by atoms with E-state index in [-0.39, 0.29) is 10.9 Å². The number of aromatic hydroxyl groups is 1. The molecule has 0 saturated carbocycles. The average Bonchev–Trinajstić information content (AvgIpc) is 2.85. The Balaban J connectivity index is 2.17. The van der Waals surface area contributed by atoms with E-state index in [1.54, 1.807) is 12.1 Å². The molecule has 106 valence electrons. The van der Waals surface area contributed by atoms with Gasteiger partial charge in [-0.2, -0.15) is 0 Å². The van der Waals surface area contributed by atoms with E-state index in [9.17, 15) is 5.11 Å². The number of aryl methyl sites for hydroxylation is 1. The predicted octanol–water partition coefficient (Wildman–Crippen LogP) is 2.09. The third kappa shape index (κ3) is 2.50. The summed E-state index contributed by atoms with van der Waals surface area (Å²) in [4.78, 5) is 1.40. The zero-order valence-electron chi connectivity index (χ0n) is 11.2. The summed E-state index contributed by atoms with van der Waals surface area (Å²) in [5, 5.41) is 21.9. The number of hydrogen-bond acceptors (Lipinski definition) is 4. The summed E-state index contributed by atoms with van der Waals surface area (Å²) in [5.41, 5.74) is 8.78. The Labute approximate surface area is 126 Å². The van der Waals surface area contributed by atoms with E-state index in [1.165, 1.54) is 4.80 Å². The van der Waals surface area contributed by atoms with Gasteiger partial charge in [-0.1, -0.05) is 12.1 Å². The Hall–Kier alpha value is -2.67. The molecule has 3 rings (SSSR count). The minimum Gasteiger partial charge on any atom is -0.504 e. The summed E-state index contributed by atoms with van der Waals surface area (Å²) in [7, 11) is 0. The highest BCUT2D eigenvalue weighted by atomic mass is 32.1. The maximum atomic E-state index is 10.4. The minimum absolute atomic E-state index is 0.00583. The zero-order valence-corrected chi connectivity index (χ0v) is 12.1. The molecule has 7 heteroatoms. The minimum atomic E-state index is -0.00583. The van der Waals surface area contributed by atoms with Crippen LogP contribution in [0.1, 0.15) is 5.56 Å². The summed E-state index contributed by atoms with van der Waals surface area (Å²) in [5.74, 6) is -0.00583. The molecule has 0 aliphatic rings. The molecule has 0 aliphatic heterocycles. The van der Waals surface area contributed by atoms with Crippen LogP contribution in [0.25, 0.3) is 16.7 Å². The Morgan fingerprint density at radius 2 is 1.86 bits per heavy atom. The number of aromatic nitrogens is 3. The second-order valence-corrected chi connectivity index (χ2v) is 5.09. The van der Waals surface area contributed by atoms with Crippen molar-refractivity contribution in [2.45, 2.75) is 6.92 Å². The number of benzene rings is 2. The molecule has 1 heterocycles. The van der Waals surface area contributed by atoms with Gasteiger partial charge in [0.05, 0.1) is 5.69 Å². The van der Waals surface area contributed by atoms with Gasteiger partial charge in [-0.05, 0) is 49.0 Å². The van der Waals surface area contributed by atoms with Crippen LogP contribution >= 0.6 is 12.2 Å². The summed E-state index contributed by atoms with van der Waals surface area (Å²) >= 11 is 4.81. The number of nitrogens with one attached hydrogen (secondary N) is 1. The first-order chi connectivity index (χ1) is 10.0. The molecule has 0 unspecified atom stereocenters. The lowest BCUT2D eigenvalue weighted by Crippen LogP contribution is -2.19. The van der Waals surface area contributed by atoms with Crippen molar-refractivity contribution in [1.29, 1.82) is 0 Å². The number of phenolic OH excluding ortho intramolecular Hbond substituents is 1. The van der Waals surface area contributed by atoms with Crippen LogP contribution in [-0.4, -0.2) is 25.2 Å². The van der Waals surface area contributed by atoms with Crippen LogP contribution in [0.4, 0.5) is 5.69 Å². The molecule has 4 N–H and O–H groups in total. The molecule has 0 amide bonds. The van der Waals surface area contributed by atoms with E-state index in [2.05, 4.69) is 15.5 Å². The van der Waals surface area contributed by atoms with Crippen LogP contribution in [0.3, 0.4) is 0 Å². The van der Waals surface area contributed by atoms with E-state index < -0.39 is 0 Å². The largest absolute Gasteiger partial charge is 0.504 e. The maximum Gasteiger partial charge on any atom is 0.168 e. The molecule has 0 saturated heterocycles. The van der Waals surface area contributed by atoms with Gasteiger partial charge >= 0.3 is 0 Å².